The molecule has 0 bridgehead atoms. The zero-order valence-electron chi connectivity index (χ0n) is 14.1. The molecular weight excluding hydrogens is 388 g/mol. The molecule has 2 heterocycles. The fraction of sp³-hybridized carbons (Fsp3) is 0.588. The molecule has 130 valence electrons. The zero-order valence-corrected chi connectivity index (χ0v) is 16.5. The molecule has 1 aliphatic rings. The van der Waals surface area contributed by atoms with Crippen LogP contribution in [0, 0.1) is 0 Å². The number of rotatable bonds is 6. The van der Waals surface area contributed by atoms with Gasteiger partial charge in [-0.05, 0) is 54.0 Å². The summed E-state index contributed by atoms with van der Waals surface area (Å²) in [6.45, 7) is 4.76. The highest BCUT2D eigenvalue weighted by Crippen LogP contribution is 2.27. The number of carbonyl (C=O) groups is 1. The predicted octanol–water partition coefficient (Wildman–Crippen LogP) is 3.99. The van der Waals surface area contributed by atoms with Gasteiger partial charge in [0.05, 0.1) is 20.9 Å². The molecule has 1 amide bonds. The normalized spacial score (nSPS) is 14.0. The van der Waals surface area contributed by atoms with E-state index in [1.54, 1.807) is 0 Å². The third kappa shape index (κ3) is 3.88. The maximum Gasteiger partial charge on any atom is 0.272 e. The van der Waals surface area contributed by atoms with Crippen LogP contribution < -0.4 is 5.32 Å². The summed E-state index contributed by atoms with van der Waals surface area (Å²) >= 11 is 5.32. The number of nitrogens with zero attached hydrogens (tertiary/aromatic N) is 2. The van der Waals surface area contributed by atoms with Gasteiger partial charge in [-0.3, -0.25) is 9.89 Å². The Bertz CT molecular complexity index is 699. The number of halogens is 1. The molecule has 0 spiro atoms. The summed E-state index contributed by atoms with van der Waals surface area (Å²) in [5.74, 6) is 0.160. The van der Waals surface area contributed by atoms with Crippen molar-refractivity contribution in [1.29, 1.82) is 0 Å². The molecule has 2 aromatic heterocycles. The molecule has 3 rings (SSSR count). The Balaban J connectivity index is 1.48. The number of hydrogen-bond donors (Lipinski definition) is 2. The summed E-state index contributed by atoms with van der Waals surface area (Å²) in [5.41, 5.74) is 2.70. The summed E-state index contributed by atoms with van der Waals surface area (Å²) in [6, 6.07) is 0. The molecule has 2 N–H and O–H groups in total. The van der Waals surface area contributed by atoms with Crippen LogP contribution in [0.25, 0.3) is 0 Å². The number of amides is 1. The molecule has 0 atom stereocenters. The summed E-state index contributed by atoms with van der Waals surface area (Å²) in [4.78, 5) is 18.5. The number of carbonyl (C=O) groups excluding carboxylic acids is 1. The van der Waals surface area contributed by atoms with E-state index in [2.05, 4.69) is 45.3 Å². The van der Waals surface area contributed by atoms with Crippen LogP contribution in [0.4, 0.5) is 0 Å². The smallest absolute Gasteiger partial charge is 0.272 e. The minimum Gasteiger partial charge on any atom is -0.351 e. The summed E-state index contributed by atoms with van der Waals surface area (Å²) in [5, 5.41) is 11.2. The van der Waals surface area contributed by atoms with E-state index in [9.17, 15) is 4.79 Å². The van der Waals surface area contributed by atoms with Gasteiger partial charge >= 0.3 is 0 Å². The summed E-state index contributed by atoms with van der Waals surface area (Å²) in [6.07, 6.45) is 6.71. The molecule has 0 saturated carbocycles. The van der Waals surface area contributed by atoms with Crippen molar-refractivity contribution in [3.05, 3.63) is 31.4 Å². The monoisotopic (exact) mass is 410 g/mol. The Labute approximate surface area is 154 Å². The number of thiazole rings is 1. The number of nitrogens with one attached hydrogen (secondary N) is 2. The maximum absolute atomic E-state index is 12.2. The molecule has 24 heavy (non-hydrogen) atoms. The molecule has 7 heteroatoms. The number of aromatic nitrogens is 3. The van der Waals surface area contributed by atoms with Gasteiger partial charge in [0.1, 0.15) is 0 Å². The van der Waals surface area contributed by atoms with Crippen LogP contribution in [-0.2, 0) is 19.3 Å². The molecule has 0 aliphatic heterocycles. The Morgan fingerprint density at radius 2 is 2.17 bits per heavy atom. The van der Waals surface area contributed by atoms with Crippen molar-refractivity contribution in [3.8, 4) is 0 Å². The lowest BCUT2D eigenvalue weighted by Crippen LogP contribution is -2.25. The van der Waals surface area contributed by atoms with Gasteiger partial charge in [0, 0.05) is 17.8 Å². The average Bonchev–Trinajstić information content (AvgIpc) is 3.14. The quantitative estimate of drug-likeness (QED) is 0.706. The van der Waals surface area contributed by atoms with E-state index in [1.165, 1.54) is 34.8 Å². The fourth-order valence-electron chi connectivity index (χ4n) is 2.91. The van der Waals surface area contributed by atoms with Crippen LogP contribution in [0.3, 0.4) is 0 Å². The number of H-pyrrole nitrogens is 1. The molecule has 5 nitrogen and oxygen atoms in total. The molecule has 0 unspecified atom stereocenters. The van der Waals surface area contributed by atoms with Crippen molar-refractivity contribution in [3.63, 3.8) is 0 Å². The van der Waals surface area contributed by atoms with Crippen molar-refractivity contribution < 1.29 is 4.79 Å². The first-order valence-electron chi connectivity index (χ1n) is 8.55. The highest BCUT2D eigenvalue weighted by molar-refractivity contribution is 9.10. The second-order valence-electron chi connectivity index (χ2n) is 6.50. The molecular formula is C17H23BrN4OS. The Morgan fingerprint density at radius 3 is 2.88 bits per heavy atom. The van der Waals surface area contributed by atoms with Gasteiger partial charge in [-0.1, -0.05) is 13.8 Å². The van der Waals surface area contributed by atoms with Crippen molar-refractivity contribution in [2.75, 3.05) is 6.54 Å². The van der Waals surface area contributed by atoms with Gasteiger partial charge in [-0.15, -0.1) is 11.3 Å². The number of aromatic amines is 1. The van der Waals surface area contributed by atoms with Gasteiger partial charge in [0.25, 0.3) is 5.91 Å². The van der Waals surface area contributed by atoms with E-state index < -0.39 is 0 Å². The van der Waals surface area contributed by atoms with Gasteiger partial charge in [-0.2, -0.15) is 5.10 Å². The Kier molecular flexibility index (Phi) is 5.71. The van der Waals surface area contributed by atoms with E-state index in [4.69, 9.17) is 4.98 Å². The largest absolute Gasteiger partial charge is 0.351 e. The highest BCUT2D eigenvalue weighted by atomic mass is 79.9. The van der Waals surface area contributed by atoms with Crippen LogP contribution >= 0.6 is 27.3 Å². The van der Waals surface area contributed by atoms with E-state index >= 15 is 0 Å². The highest BCUT2D eigenvalue weighted by Gasteiger charge is 2.19. The minimum atomic E-state index is -0.136. The predicted molar refractivity (Wildman–Crippen MR) is 99.8 cm³/mol. The summed E-state index contributed by atoms with van der Waals surface area (Å²) < 4.78 is 0.766. The second kappa shape index (κ2) is 7.78. The van der Waals surface area contributed by atoms with Gasteiger partial charge in [0.2, 0.25) is 0 Å². The topological polar surface area (TPSA) is 70.7 Å². The van der Waals surface area contributed by atoms with E-state index in [0.717, 1.165) is 29.4 Å². The molecule has 0 aromatic carbocycles. The first kappa shape index (κ1) is 17.6. The number of fused-ring (bicyclic) bond motifs is 1. The van der Waals surface area contributed by atoms with Crippen LogP contribution in [0.2, 0.25) is 0 Å². The van der Waals surface area contributed by atoms with E-state index in [1.807, 2.05) is 11.3 Å². The number of hydrogen-bond acceptors (Lipinski definition) is 4. The third-order valence-electron chi connectivity index (χ3n) is 4.27. The lowest BCUT2D eigenvalue weighted by atomic mass is 10.0. The van der Waals surface area contributed by atoms with E-state index in [0.29, 0.717) is 18.2 Å². The lowest BCUT2D eigenvalue weighted by molar-refractivity contribution is 0.0947. The van der Waals surface area contributed by atoms with Crippen LogP contribution in [0.1, 0.15) is 70.8 Å². The SMILES string of the molecule is CC(C)c1[nH]nc(C(=O)NCCCc2nc3c(s2)CCCC3)c1Br. The minimum absolute atomic E-state index is 0.136. The molecule has 2 aromatic rings. The maximum atomic E-state index is 12.2. The van der Waals surface area contributed by atoms with Gasteiger partial charge < -0.3 is 5.32 Å². The first-order chi connectivity index (χ1) is 11.6. The van der Waals surface area contributed by atoms with Crippen molar-refractivity contribution in [2.24, 2.45) is 0 Å². The van der Waals surface area contributed by atoms with Gasteiger partial charge in [-0.25, -0.2) is 4.98 Å². The number of aryl methyl sites for hydroxylation is 3. The van der Waals surface area contributed by atoms with Crippen LogP contribution in [0.15, 0.2) is 4.47 Å². The Hall–Kier alpha value is -1.21. The second-order valence-corrected chi connectivity index (χ2v) is 8.46. The van der Waals surface area contributed by atoms with Gasteiger partial charge in [0.15, 0.2) is 5.69 Å². The van der Waals surface area contributed by atoms with Crippen LogP contribution in [0.5, 0.6) is 0 Å². The third-order valence-corrected chi connectivity index (χ3v) is 6.29. The van der Waals surface area contributed by atoms with Crippen molar-refractivity contribution >= 4 is 33.2 Å². The fourth-order valence-corrected chi connectivity index (χ4v) is 4.93. The van der Waals surface area contributed by atoms with Crippen molar-refractivity contribution in [2.45, 2.75) is 58.3 Å². The van der Waals surface area contributed by atoms with Crippen LogP contribution in [-0.4, -0.2) is 27.6 Å². The molecule has 0 fully saturated rings. The standard InChI is InChI=1S/C17H23BrN4OS/c1-10(2)15-14(18)16(22-21-15)17(23)19-9-5-8-13-20-11-6-3-4-7-12(11)24-13/h10H,3-9H2,1-2H3,(H,19,23)(H,21,22). The molecule has 0 saturated heterocycles. The summed E-state index contributed by atoms with van der Waals surface area (Å²) in [7, 11) is 0. The molecule has 0 radical (unpaired) electrons. The Morgan fingerprint density at radius 1 is 1.38 bits per heavy atom. The zero-order chi connectivity index (χ0) is 17.1. The lowest BCUT2D eigenvalue weighted by Gasteiger charge is -2.06. The van der Waals surface area contributed by atoms with E-state index in [-0.39, 0.29) is 5.91 Å². The average molecular weight is 411 g/mol. The van der Waals surface area contributed by atoms with Crippen molar-refractivity contribution in [1.82, 2.24) is 20.5 Å². The molecule has 1 aliphatic carbocycles. The first-order valence-corrected chi connectivity index (χ1v) is 10.2.